The highest BCUT2D eigenvalue weighted by Crippen LogP contribution is 2.21. The van der Waals surface area contributed by atoms with Crippen LogP contribution >= 0.6 is 0 Å². The lowest BCUT2D eigenvalue weighted by Crippen LogP contribution is -2.28. The number of rotatable bonds is 9. The summed E-state index contributed by atoms with van der Waals surface area (Å²) in [5.74, 6) is -0.0876. The fourth-order valence-electron chi connectivity index (χ4n) is 3.20. The molecule has 3 aromatic rings. The van der Waals surface area contributed by atoms with Crippen LogP contribution in [0.3, 0.4) is 0 Å². The molecule has 29 heavy (non-hydrogen) atoms. The molecule has 154 valence electrons. The molecule has 2 N–H and O–H groups in total. The number of hydrogen-bond donors (Lipinski definition) is 2. The lowest BCUT2D eigenvalue weighted by molar-refractivity contribution is 0.0942. The molecule has 0 aliphatic carbocycles. The summed E-state index contributed by atoms with van der Waals surface area (Å²) in [4.78, 5) is 29.7. The Bertz CT molecular complexity index is 1030. The molecule has 0 fully saturated rings. The zero-order chi connectivity index (χ0) is 20.8. The molecular weight excluding hydrogens is 374 g/mol. The Kier molecular flexibility index (Phi) is 6.79. The van der Waals surface area contributed by atoms with Crippen molar-refractivity contribution in [1.29, 1.82) is 0 Å². The SMILES string of the molecule is COCCCn1cnc2oc(C)c(C(=O)NCCC(O)c3ccccc3)c2c1=O. The molecule has 8 heteroatoms. The molecule has 0 saturated heterocycles. The molecule has 8 nitrogen and oxygen atoms in total. The van der Waals surface area contributed by atoms with E-state index in [4.69, 9.17) is 9.15 Å². The fraction of sp³-hybridized carbons (Fsp3) is 0.381. The highest BCUT2D eigenvalue weighted by atomic mass is 16.5. The van der Waals surface area contributed by atoms with Crippen molar-refractivity contribution in [2.75, 3.05) is 20.3 Å². The average Bonchev–Trinajstić information content (AvgIpc) is 3.07. The van der Waals surface area contributed by atoms with E-state index in [1.54, 1.807) is 14.0 Å². The van der Waals surface area contributed by atoms with E-state index in [0.717, 1.165) is 5.56 Å². The summed E-state index contributed by atoms with van der Waals surface area (Å²) >= 11 is 0. The van der Waals surface area contributed by atoms with E-state index in [0.29, 0.717) is 31.8 Å². The number of aliphatic hydroxyl groups is 1. The van der Waals surface area contributed by atoms with Crippen molar-refractivity contribution in [1.82, 2.24) is 14.9 Å². The highest BCUT2D eigenvalue weighted by Gasteiger charge is 2.22. The number of benzene rings is 1. The van der Waals surface area contributed by atoms with E-state index in [1.165, 1.54) is 10.9 Å². The second-order valence-corrected chi connectivity index (χ2v) is 6.77. The molecule has 2 aromatic heterocycles. The molecular formula is C21H25N3O5. The fourth-order valence-corrected chi connectivity index (χ4v) is 3.20. The number of ether oxygens (including phenoxy) is 1. The number of furan rings is 1. The number of hydrogen-bond acceptors (Lipinski definition) is 6. The van der Waals surface area contributed by atoms with E-state index in [2.05, 4.69) is 10.3 Å². The minimum absolute atomic E-state index is 0.143. The van der Waals surface area contributed by atoms with Gasteiger partial charge in [-0.3, -0.25) is 14.2 Å². The molecule has 0 aliphatic rings. The predicted molar refractivity (Wildman–Crippen MR) is 108 cm³/mol. The quantitative estimate of drug-likeness (QED) is 0.534. The van der Waals surface area contributed by atoms with E-state index in [1.807, 2.05) is 30.3 Å². The molecule has 1 unspecified atom stereocenters. The smallest absolute Gasteiger partial charge is 0.265 e. The number of carbonyl (C=O) groups is 1. The van der Waals surface area contributed by atoms with Crippen LogP contribution in [0.4, 0.5) is 0 Å². The summed E-state index contributed by atoms with van der Waals surface area (Å²) in [7, 11) is 1.60. The standard InChI is InChI=1S/C21H25N3O5/c1-14-17(19(26)22-10-9-16(25)15-7-4-3-5-8-15)18-20(29-14)23-13-24(21(18)27)11-6-12-28-2/h3-5,7-8,13,16,25H,6,9-12H2,1-2H3,(H,22,26). The highest BCUT2D eigenvalue weighted by molar-refractivity contribution is 6.06. The van der Waals surface area contributed by atoms with Gasteiger partial charge >= 0.3 is 0 Å². The Morgan fingerprint density at radius 1 is 1.34 bits per heavy atom. The first-order valence-electron chi connectivity index (χ1n) is 9.51. The van der Waals surface area contributed by atoms with Crippen molar-refractivity contribution in [3.63, 3.8) is 0 Å². The Balaban J connectivity index is 1.74. The molecule has 0 aliphatic heterocycles. The summed E-state index contributed by atoms with van der Waals surface area (Å²) in [5, 5.41) is 13.2. The Labute approximate surface area is 168 Å². The number of aliphatic hydroxyl groups excluding tert-OH is 1. The third-order valence-corrected chi connectivity index (χ3v) is 4.72. The van der Waals surface area contributed by atoms with Gasteiger partial charge in [-0.1, -0.05) is 30.3 Å². The van der Waals surface area contributed by atoms with Gasteiger partial charge in [-0.15, -0.1) is 0 Å². The van der Waals surface area contributed by atoms with Crippen LogP contribution < -0.4 is 10.9 Å². The summed E-state index contributed by atoms with van der Waals surface area (Å²) in [6, 6.07) is 9.24. The maximum atomic E-state index is 12.8. The number of amides is 1. The summed E-state index contributed by atoms with van der Waals surface area (Å²) in [6.45, 7) is 2.84. The largest absolute Gasteiger partial charge is 0.442 e. The lowest BCUT2D eigenvalue weighted by atomic mass is 10.1. The molecule has 0 bridgehead atoms. The first-order valence-corrected chi connectivity index (χ1v) is 9.51. The number of aromatic nitrogens is 2. The molecule has 3 rings (SSSR count). The van der Waals surface area contributed by atoms with E-state index < -0.39 is 12.0 Å². The zero-order valence-electron chi connectivity index (χ0n) is 16.6. The number of carbonyl (C=O) groups excluding carboxylic acids is 1. The molecule has 1 atom stereocenters. The Morgan fingerprint density at radius 3 is 2.83 bits per heavy atom. The van der Waals surface area contributed by atoms with Crippen molar-refractivity contribution < 1.29 is 19.1 Å². The number of aryl methyl sites for hydroxylation is 2. The van der Waals surface area contributed by atoms with Crippen molar-refractivity contribution in [2.45, 2.75) is 32.4 Å². The third-order valence-electron chi connectivity index (χ3n) is 4.72. The first kappa shape index (κ1) is 20.8. The zero-order valence-corrected chi connectivity index (χ0v) is 16.6. The predicted octanol–water partition coefficient (Wildman–Crippen LogP) is 2.19. The van der Waals surface area contributed by atoms with E-state index in [-0.39, 0.29) is 28.8 Å². The van der Waals surface area contributed by atoms with Crippen LogP contribution in [0.1, 0.15) is 40.6 Å². The van der Waals surface area contributed by atoms with Crippen molar-refractivity contribution in [2.24, 2.45) is 0 Å². The minimum atomic E-state index is -0.682. The van der Waals surface area contributed by atoms with Crippen LogP contribution in [0, 0.1) is 6.92 Å². The van der Waals surface area contributed by atoms with Gasteiger partial charge in [-0.05, 0) is 25.3 Å². The van der Waals surface area contributed by atoms with E-state index in [9.17, 15) is 14.7 Å². The van der Waals surface area contributed by atoms with Crippen LogP contribution in [0.5, 0.6) is 0 Å². The van der Waals surface area contributed by atoms with Crippen LogP contribution in [-0.4, -0.2) is 40.8 Å². The maximum Gasteiger partial charge on any atom is 0.265 e. The molecule has 0 spiro atoms. The second-order valence-electron chi connectivity index (χ2n) is 6.77. The van der Waals surface area contributed by atoms with Gasteiger partial charge in [0, 0.05) is 26.8 Å². The van der Waals surface area contributed by atoms with Gasteiger partial charge in [0.1, 0.15) is 17.5 Å². The summed E-state index contributed by atoms with van der Waals surface area (Å²) < 4.78 is 12.0. The number of methoxy groups -OCH3 is 1. The van der Waals surface area contributed by atoms with Gasteiger partial charge in [0.2, 0.25) is 5.71 Å². The molecule has 1 aromatic carbocycles. The normalized spacial score (nSPS) is 12.2. The summed E-state index contributed by atoms with van der Waals surface area (Å²) in [6.07, 6.45) is 1.74. The van der Waals surface area contributed by atoms with Gasteiger partial charge in [-0.2, -0.15) is 0 Å². The first-order chi connectivity index (χ1) is 14.0. The van der Waals surface area contributed by atoms with Gasteiger partial charge in [0.05, 0.1) is 11.7 Å². The number of nitrogens with zero attached hydrogens (tertiary/aromatic N) is 2. The van der Waals surface area contributed by atoms with Crippen LogP contribution in [0.15, 0.2) is 45.9 Å². The third kappa shape index (κ3) is 4.72. The monoisotopic (exact) mass is 399 g/mol. The van der Waals surface area contributed by atoms with Gasteiger partial charge in [-0.25, -0.2) is 4.98 Å². The minimum Gasteiger partial charge on any atom is -0.442 e. The second kappa shape index (κ2) is 9.49. The average molecular weight is 399 g/mol. The Hall–Kier alpha value is -2.97. The van der Waals surface area contributed by atoms with Crippen LogP contribution in [-0.2, 0) is 11.3 Å². The Morgan fingerprint density at radius 2 is 2.10 bits per heavy atom. The maximum absolute atomic E-state index is 12.8. The molecule has 1 amide bonds. The van der Waals surface area contributed by atoms with Crippen molar-refractivity contribution >= 4 is 17.0 Å². The van der Waals surface area contributed by atoms with Gasteiger partial charge < -0.3 is 19.6 Å². The van der Waals surface area contributed by atoms with Crippen molar-refractivity contribution in [3.8, 4) is 0 Å². The number of nitrogens with one attached hydrogen (secondary N) is 1. The lowest BCUT2D eigenvalue weighted by Gasteiger charge is -2.11. The van der Waals surface area contributed by atoms with Gasteiger partial charge in [0.25, 0.3) is 11.5 Å². The van der Waals surface area contributed by atoms with Crippen LogP contribution in [0.25, 0.3) is 11.1 Å². The topological polar surface area (TPSA) is 107 Å². The molecule has 0 radical (unpaired) electrons. The van der Waals surface area contributed by atoms with Gasteiger partial charge in [0.15, 0.2) is 0 Å². The summed E-state index contributed by atoms with van der Waals surface area (Å²) in [5.41, 5.74) is 0.796. The molecule has 0 saturated carbocycles. The molecule has 2 heterocycles. The van der Waals surface area contributed by atoms with Crippen LogP contribution in [0.2, 0.25) is 0 Å². The van der Waals surface area contributed by atoms with E-state index >= 15 is 0 Å². The van der Waals surface area contributed by atoms with Crippen molar-refractivity contribution in [3.05, 3.63) is 63.9 Å². The number of fused-ring (bicyclic) bond motifs is 1.